The van der Waals surface area contributed by atoms with Gasteiger partial charge >= 0.3 is 18.0 Å². The Bertz CT molecular complexity index is 2690. The number of rotatable bonds is 26. The van der Waals surface area contributed by atoms with Gasteiger partial charge in [0.25, 0.3) is 5.69 Å². The summed E-state index contributed by atoms with van der Waals surface area (Å²) in [7, 11) is -3.18. The molecule has 2 N–H and O–H groups in total. The Kier molecular flexibility index (Phi) is 19.4. The minimum atomic E-state index is -4.38. The third-order valence-electron chi connectivity index (χ3n) is 11.7. The fraction of sp³-hybridized carbons (Fsp3) is 0.346. The van der Waals surface area contributed by atoms with Crippen LogP contribution in [0.1, 0.15) is 84.9 Å². The molecule has 1 aliphatic rings. The second-order valence-corrected chi connectivity index (χ2v) is 18.3. The van der Waals surface area contributed by atoms with E-state index in [4.69, 9.17) is 23.7 Å². The van der Waals surface area contributed by atoms with Crippen LogP contribution < -0.4 is 14.2 Å². The molecule has 19 heteroatoms. The van der Waals surface area contributed by atoms with Gasteiger partial charge in [-0.2, -0.15) is 0 Å². The molecule has 71 heavy (non-hydrogen) atoms. The van der Waals surface area contributed by atoms with Crippen LogP contribution in [-0.4, -0.2) is 98.7 Å². The number of aliphatic hydroxyl groups excluding tert-OH is 1. The van der Waals surface area contributed by atoms with Crippen molar-refractivity contribution in [2.75, 3.05) is 46.5 Å². The van der Waals surface area contributed by atoms with E-state index in [1.807, 2.05) is 48.5 Å². The number of unbranched alkanes of at least 4 members (excludes halogenated alkanes) is 1. The maximum absolute atomic E-state index is 15.1. The van der Waals surface area contributed by atoms with E-state index in [1.165, 1.54) is 31.1 Å². The van der Waals surface area contributed by atoms with Crippen molar-refractivity contribution in [1.29, 1.82) is 0 Å². The van der Waals surface area contributed by atoms with Gasteiger partial charge in [-0.3, -0.25) is 24.5 Å². The third-order valence-corrected chi connectivity index (χ3v) is 13.2. The molecule has 376 valence electrons. The summed E-state index contributed by atoms with van der Waals surface area (Å²) in [6.45, 7) is 1.55. The molecule has 0 saturated heterocycles. The minimum absolute atomic E-state index is 0.0313. The summed E-state index contributed by atoms with van der Waals surface area (Å²) in [6, 6.07) is 34.7. The molecular formula is C52H58N4O14S. The number of fused-ring (bicyclic) bond motifs is 1. The number of sulfonamides is 1. The van der Waals surface area contributed by atoms with Gasteiger partial charge in [-0.05, 0) is 78.3 Å². The van der Waals surface area contributed by atoms with Crippen molar-refractivity contribution in [2.24, 2.45) is 0 Å². The van der Waals surface area contributed by atoms with E-state index >= 15 is 4.79 Å². The maximum Gasteiger partial charge on any atom is 0.410 e. The average molecular weight is 995 g/mol. The Morgan fingerprint density at radius 3 is 2.13 bits per heavy atom. The Morgan fingerprint density at radius 2 is 1.46 bits per heavy atom. The molecule has 2 amide bonds. The lowest BCUT2D eigenvalue weighted by Gasteiger charge is -2.32. The molecule has 5 aromatic carbocycles. The molecule has 0 unspecified atom stereocenters. The topological polar surface area (TPSA) is 230 Å². The zero-order valence-electron chi connectivity index (χ0n) is 39.6. The molecule has 0 radical (unpaired) electrons. The highest BCUT2D eigenvalue weighted by Crippen LogP contribution is 2.48. The van der Waals surface area contributed by atoms with E-state index in [-0.39, 0.29) is 64.7 Å². The Morgan fingerprint density at radius 1 is 0.803 bits per heavy atom. The molecule has 0 fully saturated rings. The number of nitrogens with one attached hydrogen (secondary N) is 1. The zero-order valence-corrected chi connectivity index (χ0v) is 40.4. The predicted molar refractivity (Wildman–Crippen MR) is 260 cm³/mol. The van der Waals surface area contributed by atoms with E-state index in [0.717, 1.165) is 17.7 Å². The normalized spacial score (nSPS) is 14.3. The molecular weight excluding hydrogens is 937 g/mol. The summed E-state index contributed by atoms with van der Waals surface area (Å²) >= 11 is 0. The summed E-state index contributed by atoms with van der Waals surface area (Å²) in [5.74, 6) is -1.47. The monoisotopic (exact) mass is 994 g/mol. The number of nitro benzene ring substituents is 1. The van der Waals surface area contributed by atoms with E-state index in [2.05, 4.69) is 4.72 Å². The van der Waals surface area contributed by atoms with Gasteiger partial charge in [-0.15, -0.1) is 0 Å². The number of nitrogens with zero attached hydrogens (tertiary/aromatic N) is 3. The number of esters is 2. The van der Waals surface area contributed by atoms with E-state index in [1.54, 1.807) is 59.5 Å². The van der Waals surface area contributed by atoms with Gasteiger partial charge in [0.2, 0.25) is 15.9 Å². The lowest BCUT2D eigenvalue weighted by molar-refractivity contribution is -0.387. The number of benzene rings is 5. The van der Waals surface area contributed by atoms with Crippen molar-refractivity contribution in [1.82, 2.24) is 14.5 Å². The number of hydrogen-bond acceptors (Lipinski definition) is 14. The highest BCUT2D eigenvalue weighted by molar-refractivity contribution is 7.89. The van der Waals surface area contributed by atoms with Gasteiger partial charge in [-0.1, -0.05) is 91.0 Å². The molecule has 1 heterocycles. The van der Waals surface area contributed by atoms with Gasteiger partial charge in [0.15, 0.2) is 4.90 Å². The lowest BCUT2D eigenvalue weighted by atomic mass is 9.87. The van der Waals surface area contributed by atoms with Crippen molar-refractivity contribution in [3.8, 4) is 11.5 Å². The summed E-state index contributed by atoms with van der Waals surface area (Å²) in [5, 5.41) is 21.3. The summed E-state index contributed by atoms with van der Waals surface area (Å²) < 4.78 is 57.8. The summed E-state index contributed by atoms with van der Waals surface area (Å²) in [5.41, 5.74) is 2.57. The number of amides is 2. The van der Waals surface area contributed by atoms with Crippen LogP contribution >= 0.6 is 0 Å². The van der Waals surface area contributed by atoms with Gasteiger partial charge in [0.1, 0.15) is 36.7 Å². The molecule has 1 aliphatic heterocycles. The SMILES string of the molecule is COC(=O)C[C@@H](c1ccc2c(c1)[C@@H](C(=O)N(CCCCO)CCCOC(C)=O)[C@H](c1ccc(OCc3ccccc3)cc1)O2)N(CCCNS(=O)(=O)c1ccccc1[N+](=O)[O-])C(=O)OCc1ccccc1. The molecule has 5 aromatic rings. The van der Waals surface area contributed by atoms with E-state index in [0.29, 0.717) is 59.6 Å². The van der Waals surface area contributed by atoms with Crippen LogP contribution in [0.2, 0.25) is 0 Å². The third kappa shape index (κ3) is 14.8. The van der Waals surface area contributed by atoms with Crippen molar-refractivity contribution >= 4 is 39.6 Å². The standard InChI is InChI=1S/C52H58N4O14S/c1-37(58)67-32-14-29-54(28-11-12-31-57)51(60)49-43-33-41(23-26-46(43)70-50(49)40-21-24-42(25-22-40)68-35-38-15-5-3-6-16-38)45(34-48(59)66-2)55(52(61)69-36-39-17-7-4-8-18-39)30-13-27-53-71(64,65)47-20-10-9-19-44(47)56(62)63/h3-10,15-26,33,45,49-50,53,57H,11-14,27-32,34-36H2,1-2H3/t45-,49+,50-/m0/s1. The molecule has 18 nitrogen and oxygen atoms in total. The number of ether oxygens (including phenoxy) is 5. The first-order chi connectivity index (χ1) is 34.3. The zero-order chi connectivity index (χ0) is 50.8. The molecule has 0 saturated carbocycles. The van der Waals surface area contributed by atoms with Crippen molar-refractivity contribution in [3.63, 3.8) is 0 Å². The molecule has 3 atom stereocenters. The van der Waals surface area contributed by atoms with Crippen LogP contribution in [-0.2, 0) is 51.8 Å². The van der Waals surface area contributed by atoms with Crippen LogP contribution in [0.3, 0.4) is 0 Å². The molecule has 0 bridgehead atoms. The number of carbonyl (C=O) groups is 4. The highest BCUT2D eigenvalue weighted by atomic mass is 32.2. The fourth-order valence-electron chi connectivity index (χ4n) is 8.12. The Hall–Kier alpha value is -7.35. The summed E-state index contributed by atoms with van der Waals surface area (Å²) in [4.78, 5) is 67.6. The fourth-order valence-corrected chi connectivity index (χ4v) is 9.36. The smallest absolute Gasteiger partial charge is 0.410 e. The van der Waals surface area contributed by atoms with Crippen molar-refractivity contribution in [2.45, 2.75) is 75.2 Å². The minimum Gasteiger partial charge on any atom is -0.489 e. The van der Waals surface area contributed by atoms with Gasteiger partial charge in [-0.25, -0.2) is 17.9 Å². The molecule has 0 aliphatic carbocycles. The predicted octanol–water partition coefficient (Wildman–Crippen LogP) is 7.56. The number of aliphatic hydroxyl groups is 1. The summed E-state index contributed by atoms with van der Waals surface area (Å²) in [6.07, 6.45) is -0.863. The second-order valence-electron chi connectivity index (χ2n) is 16.6. The largest absolute Gasteiger partial charge is 0.489 e. The number of carbonyl (C=O) groups excluding carboxylic acids is 4. The number of hydrogen-bond donors (Lipinski definition) is 2. The quantitative estimate of drug-likeness (QED) is 0.0179. The number of para-hydroxylation sites is 1. The van der Waals surface area contributed by atoms with Gasteiger partial charge in [0, 0.05) is 51.3 Å². The number of methoxy groups -OCH3 is 1. The van der Waals surface area contributed by atoms with Crippen LogP contribution in [0.4, 0.5) is 10.5 Å². The van der Waals surface area contributed by atoms with E-state index in [9.17, 15) is 38.0 Å². The Balaban J connectivity index is 1.35. The lowest BCUT2D eigenvalue weighted by Crippen LogP contribution is -2.39. The maximum atomic E-state index is 15.1. The van der Waals surface area contributed by atoms with Crippen LogP contribution in [0, 0.1) is 10.1 Å². The average Bonchev–Trinajstić information content (AvgIpc) is 3.77. The van der Waals surface area contributed by atoms with Crippen LogP contribution in [0.25, 0.3) is 0 Å². The first kappa shape index (κ1) is 53.0. The van der Waals surface area contributed by atoms with Crippen LogP contribution in [0.5, 0.6) is 11.5 Å². The van der Waals surface area contributed by atoms with Gasteiger partial charge in [0.05, 0.1) is 31.1 Å². The highest BCUT2D eigenvalue weighted by Gasteiger charge is 2.43. The van der Waals surface area contributed by atoms with E-state index < -0.39 is 61.6 Å². The van der Waals surface area contributed by atoms with Crippen molar-refractivity contribution in [3.05, 3.63) is 165 Å². The second kappa shape index (κ2) is 26.0. The van der Waals surface area contributed by atoms with Crippen LogP contribution in [0.15, 0.2) is 132 Å². The molecule has 0 spiro atoms. The van der Waals surface area contributed by atoms with Crippen molar-refractivity contribution < 1.29 is 61.3 Å². The first-order valence-corrected chi connectivity index (χ1v) is 24.6. The molecule has 6 rings (SSSR count). The molecule has 0 aromatic heterocycles. The number of nitro groups is 1. The van der Waals surface area contributed by atoms with Gasteiger partial charge < -0.3 is 38.6 Å². The Labute approximate surface area is 412 Å². The first-order valence-electron chi connectivity index (χ1n) is 23.2.